The summed E-state index contributed by atoms with van der Waals surface area (Å²) in [6.45, 7) is 8.80. The van der Waals surface area contributed by atoms with Gasteiger partial charge in [-0.25, -0.2) is 4.79 Å². The van der Waals surface area contributed by atoms with Crippen LogP contribution in [0.15, 0.2) is 0 Å². The van der Waals surface area contributed by atoms with Crippen molar-refractivity contribution in [3.05, 3.63) is 0 Å². The van der Waals surface area contributed by atoms with Crippen LogP contribution in [0.5, 0.6) is 0 Å². The average molecular weight is 259 g/mol. The van der Waals surface area contributed by atoms with Crippen LogP contribution in [0.3, 0.4) is 0 Å². The Labute approximate surface area is 109 Å². The third-order valence-electron chi connectivity index (χ3n) is 2.50. The quantitative estimate of drug-likeness (QED) is 0.799. The molecule has 1 rings (SSSR count). The van der Waals surface area contributed by atoms with Gasteiger partial charge in [-0.15, -0.1) is 0 Å². The molecule has 5 heteroatoms. The van der Waals surface area contributed by atoms with E-state index in [1.165, 1.54) is 26.2 Å². The molecule has 1 saturated carbocycles. The molecule has 2 N–H and O–H groups in total. The molecule has 1 aliphatic carbocycles. The first-order valence-electron chi connectivity index (χ1n) is 6.34. The van der Waals surface area contributed by atoms with Gasteiger partial charge in [0.2, 0.25) is 0 Å². The van der Waals surface area contributed by atoms with E-state index in [4.69, 9.17) is 9.84 Å². The number of rotatable bonds is 2. The van der Waals surface area contributed by atoms with Gasteiger partial charge in [-0.3, -0.25) is 4.79 Å². The highest BCUT2D eigenvalue weighted by Gasteiger charge is 2.20. The molecular weight excluding hydrogens is 234 g/mol. The number of nitrogens with one attached hydrogen (secondary N) is 1. The molecular formula is C13H25NO4. The summed E-state index contributed by atoms with van der Waals surface area (Å²) < 4.78 is 4.85. The molecule has 18 heavy (non-hydrogen) atoms. The maximum Gasteiger partial charge on any atom is 0.408 e. The van der Waals surface area contributed by atoms with Crippen LogP contribution in [0, 0.1) is 5.92 Å². The van der Waals surface area contributed by atoms with E-state index in [2.05, 4.69) is 12.2 Å². The summed E-state index contributed by atoms with van der Waals surface area (Å²) in [6.07, 6.45) is 3.74. The van der Waals surface area contributed by atoms with Gasteiger partial charge in [0.15, 0.2) is 0 Å². The van der Waals surface area contributed by atoms with Crippen LogP contribution < -0.4 is 5.32 Å². The molecule has 0 spiro atoms. The smallest absolute Gasteiger partial charge is 0.408 e. The lowest BCUT2D eigenvalue weighted by Crippen LogP contribution is -2.41. The summed E-state index contributed by atoms with van der Waals surface area (Å²) in [5.74, 6) is -0.0270. The van der Waals surface area contributed by atoms with Crippen molar-refractivity contribution in [2.45, 2.75) is 65.5 Å². The topological polar surface area (TPSA) is 75.6 Å². The zero-order valence-electron chi connectivity index (χ0n) is 11.9. The molecule has 5 nitrogen and oxygen atoms in total. The summed E-state index contributed by atoms with van der Waals surface area (Å²) >= 11 is 0. The van der Waals surface area contributed by atoms with E-state index in [-0.39, 0.29) is 0 Å². The molecule has 0 radical (unpaired) electrons. The SMILES string of the molecule is CC(NC(=O)OC(C)(C)C)C(=O)O.CC1CCC1. The van der Waals surface area contributed by atoms with Crippen LogP contribution in [-0.4, -0.2) is 28.8 Å². The molecule has 1 fully saturated rings. The van der Waals surface area contributed by atoms with Crippen LogP contribution in [0.4, 0.5) is 4.79 Å². The monoisotopic (exact) mass is 259 g/mol. The summed E-state index contributed by atoms with van der Waals surface area (Å²) in [5, 5.41) is 10.6. The molecule has 106 valence electrons. The van der Waals surface area contributed by atoms with Crippen LogP contribution in [-0.2, 0) is 9.53 Å². The molecule has 1 aliphatic rings. The van der Waals surface area contributed by atoms with Crippen LogP contribution in [0.25, 0.3) is 0 Å². The minimum atomic E-state index is -1.09. The second kappa shape index (κ2) is 7.24. The lowest BCUT2D eigenvalue weighted by atomic mass is 9.88. The van der Waals surface area contributed by atoms with E-state index < -0.39 is 23.7 Å². The predicted molar refractivity (Wildman–Crippen MR) is 69.5 cm³/mol. The van der Waals surface area contributed by atoms with E-state index in [1.807, 2.05) is 0 Å². The van der Waals surface area contributed by atoms with E-state index in [0.717, 1.165) is 5.92 Å². The highest BCUT2D eigenvalue weighted by Crippen LogP contribution is 2.24. The van der Waals surface area contributed by atoms with Gasteiger partial charge in [-0.1, -0.05) is 26.2 Å². The number of alkyl carbamates (subject to hydrolysis) is 1. The Morgan fingerprint density at radius 1 is 1.33 bits per heavy atom. The number of carbonyl (C=O) groups excluding carboxylic acids is 1. The number of hydrogen-bond donors (Lipinski definition) is 2. The second-order valence-electron chi connectivity index (χ2n) is 5.74. The number of amides is 1. The number of aliphatic carboxylic acids is 1. The molecule has 0 heterocycles. The van der Waals surface area contributed by atoms with Crippen molar-refractivity contribution in [1.29, 1.82) is 0 Å². The van der Waals surface area contributed by atoms with Crippen molar-refractivity contribution >= 4 is 12.1 Å². The van der Waals surface area contributed by atoms with Gasteiger partial charge in [0.05, 0.1) is 0 Å². The summed E-state index contributed by atoms with van der Waals surface area (Å²) in [5.41, 5.74) is -0.609. The van der Waals surface area contributed by atoms with Crippen molar-refractivity contribution in [2.75, 3.05) is 0 Å². The maximum atomic E-state index is 11.0. The standard InChI is InChI=1S/C8H15NO4.C5H10/c1-5(6(10)11)9-7(12)13-8(2,3)4;1-5-3-2-4-5/h5H,1-4H3,(H,9,12)(H,10,11);5H,2-4H2,1H3. The Hall–Kier alpha value is -1.26. The number of ether oxygens (including phenoxy) is 1. The van der Waals surface area contributed by atoms with Gasteiger partial charge in [-0.05, 0) is 33.6 Å². The normalized spacial score (nSPS) is 16.7. The first-order chi connectivity index (χ1) is 8.11. The van der Waals surface area contributed by atoms with Gasteiger partial charge in [0, 0.05) is 0 Å². The fraction of sp³-hybridized carbons (Fsp3) is 0.846. The fourth-order valence-electron chi connectivity index (χ4n) is 1.16. The summed E-state index contributed by atoms with van der Waals surface area (Å²) in [4.78, 5) is 21.3. The molecule has 0 aromatic carbocycles. The number of carbonyl (C=O) groups is 2. The van der Waals surface area contributed by atoms with E-state index in [0.29, 0.717) is 0 Å². The minimum Gasteiger partial charge on any atom is -0.480 e. The molecule has 0 aromatic heterocycles. The first kappa shape index (κ1) is 16.7. The molecule has 1 unspecified atom stereocenters. The van der Waals surface area contributed by atoms with Crippen LogP contribution >= 0.6 is 0 Å². The van der Waals surface area contributed by atoms with Crippen molar-refractivity contribution in [3.8, 4) is 0 Å². The average Bonchev–Trinajstić information content (AvgIpc) is 2.12. The lowest BCUT2D eigenvalue weighted by molar-refractivity contribution is -0.139. The van der Waals surface area contributed by atoms with E-state index in [1.54, 1.807) is 20.8 Å². The van der Waals surface area contributed by atoms with Gasteiger partial charge in [-0.2, -0.15) is 0 Å². The Kier molecular flexibility index (Phi) is 6.73. The van der Waals surface area contributed by atoms with Gasteiger partial charge >= 0.3 is 12.1 Å². The molecule has 0 aliphatic heterocycles. The summed E-state index contributed by atoms with van der Waals surface area (Å²) in [7, 11) is 0. The third-order valence-corrected chi connectivity index (χ3v) is 2.50. The van der Waals surface area contributed by atoms with E-state index in [9.17, 15) is 9.59 Å². The van der Waals surface area contributed by atoms with Crippen molar-refractivity contribution in [1.82, 2.24) is 5.32 Å². The Bertz CT molecular complexity index is 279. The van der Waals surface area contributed by atoms with Crippen LogP contribution in [0.2, 0.25) is 0 Å². The van der Waals surface area contributed by atoms with Crippen molar-refractivity contribution in [2.24, 2.45) is 5.92 Å². The molecule has 0 aromatic rings. The molecule has 1 amide bonds. The van der Waals surface area contributed by atoms with Crippen LogP contribution in [0.1, 0.15) is 53.9 Å². The number of carboxylic acid groups (broad SMARTS) is 1. The molecule has 0 bridgehead atoms. The fourth-order valence-corrected chi connectivity index (χ4v) is 1.16. The Balaban J connectivity index is 0.000000473. The van der Waals surface area contributed by atoms with E-state index >= 15 is 0 Å². The highest BCUT2D eigenvalue weighted by atomic mass is 16.6. The first-order valence-corrected chi connectivity index (χ1v) is 6.34. The largest absolute Gasteiger partial charge is 0.480 e. The van der Waals surface area contributed by atoms with Gasteiger partial charge < -0.3 is 15.2 Å². The zero-order chi connectivity index (χ0) is 14.3. The van der Waals surface area contributed by atoms with Crippen molar-refractivity contribution in [3.63, 3.8) is 0 Å². The molecule has 1 atom stereocenters. The lowest BCUT2D eigenvalue weighted by Gasteiger charge is -2.20. The zero-order valence-corrected chi connectivity index (χ0v) is 11.9. The van der Waals surface area contributed by atoms with Gasteiger partial charge in [0.1, 0.15) is 11.6 Å². The highest BCUT2D eigenvalue weighted by molar-refractivity contribution is 5.79. The molecule has 0 saturated heterocycles. The number of hydrogen-bond acceptors (Lipinski definition) is 3. The third kappa shape index (κ3) is 8.84. The summed E-state index contributed by atoms with van der Waals surface area (Å²) in [6, 6.07) is -0.935. The Morgan fingerprint density at radius 3 is 2.00 bits per heavy atom. The minimum absolute atomic E-state index is 0.609. The van der Waals surface area contributed by atoms with Gasteiger partial charge in [0.25, 0.3) is 0 Å². The second-order valence-corrected chi connectivity index (χ2v) is 5.74. The predicted octanol–water partition coefficient (Wildman–Crippen LogP) is 2.79. The van der Waals surface area contributed by atoms with Crippen molar-refractivity contribution < 1.29 is 19.4 Å². The maximum absolute atomic E-state index is 11.0. The number of carboxylic acids is 1. The Morgan fingerprint density at radius 2 is 1.78 bits per heavy atom.